The van der Waals surface area contributed by atoms with Gasteiger partial charge >= 0.3 is 0 Å². The molecule has 3 heteroatoms. The van der Waals surface area contributed by atoms with E-state index >= 15 is 0 Å². The summed E-state index contributed by atoms with van der Waals surface area (Å²) in [6.07, 6.45) is 1.65. The number of nitrogens with zero attached hydrogens (tertiary/aromatic N) is 1. The molecule has 0 saturated heterocycles. The van der Waals surface area contributed by atoms with Gasteiger partial charge in [0.25, 0.3) is 0 Å². The Labute approximate surface area is 95.8 Å². The third-order valence-corrected chi connectivity index (χ3v) is 7.94. The number of hydrogen-bond donors (Lipinski definition) is 0. The van der Waals surface area contributed by atoms with Gasteiger partial charge in [0.1, 0.15) is 0 Å². The fourth-order valence-electron chi connectivity index (χ4n) is 0.993. The molecule has 0 aromatic heterocycles. The molecule has 0 saturated carbocycles. The zero-order valence-corrected chi connectivity index (χ0v) is 12.1. The van der Waals surface area contributed by atoms with Crippen LogP contribution in [-0.2, 0) is 4.43 Å². The molecule has 88 valence electrons. The highest BCUT2D eigenvalue weighted by Crippen LogP contribution is 2.36. The third-order valence-electron chi connectivity index (χ3n) is 3.44. The van der Waals surface area contributed by atoms with E-state index in [-0.39, 0.29) is 5.04 Å². The summed E-state index contributed by atoms with van der Waals surface area (Å²) in [6.45, 7) is 14.1. The van der Waals surface area contributed by atoms with Gasteiger partial charge in [-0.25, -0.2) is 0 Å². The SMILES string of the molecule is CCC(CC#N)CO[Si](C)(C)C(C)(C)C. The molecule has 0 aromatic carbocycles. The van der Waals surface area contributed by atoms with Crippen LogP contribution in [0, 0.1) is 17.2 Å². The summed E-state index contributed by atoms with van der Waals surface area (Å²) in [6, 6.07) is 2.23. The largest absolute Gasteiger partial charge is 0.417 e. The van der Waals surface area contributed by atoms with E-state index in [2.05, 4.69) is 46.9 Å². The van der Waals surface area contributed by atoms with Gasteiger partial charge in [-0.05, 0) is 24.1 Å². The number of hydrogen-bond acceptors (Lipinski definition) is 2. The first-order valence-electron chi connectivity index (χ1n) is 5.75. The van der Waals surface area contributed by atoms with Crippen LogP contribution in [0.3, 0.4) is 0 Å². The third kappa shape index (κ3) is 4.81. The average Bonchev–Trinajstić information content (AvgIpc) is 2.10. The highest BCUT2D eigenvalue weighted by molar-refractivity contribution is 6.74. The fourth-order valence-corrected chi connectivity index (χ4v) is 2.08. The van der Waals surface area contributed by atoms with E-state index in [4.69, 9.17) is 9.69 Å². The van der Waals surface area contributed by atoms with Crippen LogP contribution in [-0.4, -0.2) is 14.9 Å². The molecule has 0 fully saturated rings. The monoisotopic (exact) mass is 227 g/mol. The molecule has 1 atom stereocenters. The van der Waals surface area contributed by atoms with Crippen LogP contribution in [0.1, 0.15) is 40.5 Å². The van der Waals surface area contributed by atoms with E-state index in [0.717, 1.165) is 13.0 Å². The maximum atomic E-state index is 8.66. The minimum atomic E-state index is -1.62. The van der Waals surface area contributed by atoms with Gasteiger partial charge in [0, 0.05) is 13.0 Å². The van der Waals surface area contributed by atoms with Crippen LogP contribution in [0.2, 0.25) is 18.1 Å². The Kier molecular flexibility index (Phi) is 5.54. The molecule has 0 bridgehead atoms. The lowest BCUT2D eigenvalue weighted by Gasteiger charge is -2.37. The van der Waals surface area contributed by atoms with Crippen molar-refractivity contribution in [2.45, 2.75) is 58.7 Å². The molecule has 0 aliphatic carbocycles. The second-order valence-electron chi connectivity index (χ2n) is 5.71. The van der Waals surface area contributed by atoms with Crippen LogP contribution in [0.15, 0.2) is 0 Å². The van der Waals surface area contributed by atoms with Crippen molar-refractivity contribution in [1.82, 2.24) is 0 Å². The van der Waals surface area contributed by atoms with E-state index in [0.29, 0.717) is 12.3 Å². The molecule has 0 aromatic rings. The van der Waals surface area contributed by atoms with Gasteiger partial charge in [0.05, 0.1) is 6.07 Å². The van der Waals surface area contributed by atoms with Crippen LogP contribution in [0.4, 0.5) is 0 Å². The molecule has 2 nitrogen and oxygen atoms in total. The lowest BCUT2D eigenvalue weighted by Crippen LogP contribution is -2.41. The predicted molar refractivity (Wildman–Crippen MR) is 67.2 cm³/mol. The molecule has 1 unspecified atom stereocenters. The minimum absolute atomic E-state index is 0.262. The number of nitriles is 1. The lowest BCUT2D eigenvalue weighted by atomic mass is 10.1. The Hall–Kier alpha value is -0.333. The first-order chi connectivity index (χ1) is 6.74. The molecule has 0 N–H and O–H groups in total. The van der Waals surface area contributed by atoms with Crippen molar-refractivity contribution >= 4 is 8.32 Å². The van der Waals surface area contributed by atoms with Gasteiger partial charge in [-0.3, -0.25) is 0 Å². The van der Waals surface area contributed by atoms with Gasteiger partial charge in [-0.1, -0.05) is 34.1 Å². The summed E-state index contributed by atoms with van der Waals surface area (Å²) in [5.41, 5.74) is 0. The van der Waals surface area contributed by atoms with Crippen molar-refractivity contribution in [3.05, 3.63) is 0 Å². The molecule has 0 rings (SSSR count). The Morgan fingerprint density at radius 2 is 1.87 bits per heavy atom. The van der Waals surface area contributed by atoms with Crippen molar-refractivity contribution in [2.75, 3.05) is 6.61 Å². The Morgan fingerprint density at radius 3 is 2.20 bits per heavy atom. The summed E-state index contributed by atoms with van der Waals surface area (Å²) in [5.74, 6) is 0.407. The normalized spacial score (nSPS) is 14.7. The molecule has 0 radical (unpaired) electrons. The second kappa shape index (κ2) is 5.67. The average molecular weight is 227 g/mol. The van der Waals surface area contributed by atoms with Gasteiger partial charge in [0.2, 0.25) is 0 Å². The number of rotatable bonds is 5. The maximum Gasteiger partial charge on any atom is 0.191 e. The van der Waals surface area contributed by atoms with E-state index in [1.807, 2.05) is 0 Å². The summed E-state index contributed by atoms with van der Waals surface area (Å²) in [7, 11) is -1.62. The molecular weight excluding hydrogens is 202 g/mol. The smallest absolute Gasteiger partial charge is 0.191 e. The first-order valence-corrected chi connectivity index (χ1v) is 8.66. The quantitative estimate of drug-likeness (QED) is 0.666. The van der Waals surface area contributed by atoms with Crippen LogP contribution < -0.4 is 0 Å². The standard InChI is InChI=1S/C12H25NOSi/c1-7-11(8-9-13)10-14-15(5,6)12(2,3)4/h11H,7-8,10H2,1-6H3. The maximum absolute atomic E-state index is 8.66. The van der Waals surface area contributed by atoms with Gasteiger partial charge in [-0.2, -0.15) is 5.26 Å². The van der Waals surface area contributed by atoms with Crippen LogP contribution in [0.25, 0.3) is 0 Å². The van der Waals surface area contributed by atoms with Crippen molar-refractivity contribution < 1.29 is 4.43 Å². The molecule has 0 aliphatic heterocycles. The summed E-state index contributed by atoms with van der Waals surface area (Å²) in [5, 5.41) is 8.92. The zero-order chi connectivity index (χ0) is 12.1. The highest BCUT2D eigenvalue weighted by Gasteiger charge is 2.37. The first kappa shape index (κ1) is 14.7. The summed E-state index contributed by atoms with van der Waals surface area (Å²) < 4.78 is 6.09. The fraction of sp³-hybridized carbons (Fsp3) is 0.917. The molecule has 0 spiro atoms. The van der Waals surface area contributed by atoms with Crippen molar-refractivity contribution in [3.8, 4) is 6.07 Å². The summed E-state index contributed by atoms with van der Waals surface area (Å²) >= 11 is 0. The molecule has 15 heavy (non-hydrogen) atoms. The molecule has 0 amide bonds. The Bertz CT molecular complexity index is 225. The topological polar surface area (TPSA) is 33.0 Å². The van der Waals surface area contributed by atoms with Gasteiger partial charge < -0.3 is 4.43 Å². The van der Waals surface area contributed by atoms with E-state index in [9.17, 15) is 0 Å². The lowest BCUT2D eigenvalue weighted by molar-refractivity contribution is 0.226. The van der Waals surface area contributed by atoms with E-state index < -0.39 is 8.32 Å². The zero-order valence-electron chi connectivity index (χ0n) is 11.1. The Balaban J connectivity index is 4.20. The van der Waals surface area contributed by atoms with Crippen LogP contribution >= 0.6 is 0 Å². The van der Waals surface area contributed by atoms with Crippen molar-refractivity contribution in [3.63, 3.8) is 0 Å². The van der Waals surface area contributed by atoms with Crippen LogP contribution in [0.5, 0.6) is 0 Å². The van der Waals surface area contributed by atoms with Crippen molar-refractivity contribution in [2.24, 2.45) is 5.92 Å². The van der Waals surface area contributed by atoms with E-state index in [1.165, 1.54) is 0 Å². The Morgan fingerprint density at radius 1 is 1.33 bits per heavy atom. The molecule has 0 heterocycles. The van der Waals surface area contributed by atoms with E-state index in [1.54, 1.807) is 0 Å². The summed E-state index contributed by atoms with van der Waals surface area (Å²) in [4.78, 5) is 0. The highest BCUT2D eigenvalue weighted by atomic mass is 28.4. The van der Waals surface area contributed by atoms with Gasteiger partial charge in [0.15, 0.2) is 8.32 Å². The van der Waals surface area contributed by atoms with Crippen molar-refractivity contribution in [1.29, 1.82) is 5.26 Å². The molecular formula is C12H25NOSi. The van der Waals surface area contributed by atoms with Gasteiger partial charge in [-0.15, -0.1) is 0 Å². The minimum Gasteiger partial charge on any atom is -0.417 e. The predicted octanol–water partition coefficient (Wildman–Crippen LogP) is 3.95. The second-order valence-corrected chi connectivity index (χ2v) is 10.5. The molecule has 0 aliphatic rings.